The summed E-state index contributed by atoms with van der Waals surface area (Å²) in [5.41, 5.74) is 1.96. The van der Waals surface area contributed by atoms with Crippen molar-refractivity contribution in [3.05, 3.63) is 70.0 Å². The molecule has 0 fully saturated rings. The normalized spacial score (nSPS) is 10.9. The van der Waals surface area contributed by atoms with Crippen LogP contribution in [0.4, 0.5) is 0 Å². The molecule has 0 aliphatic carbocycles. The standard InChI is InChI=1S/C16H13Cl2N3O/c1-20(10-11-5-7-12(17)8-6-11)16(22)15-14(18)13-4-2-3-9-21(13)19-15/h2-9H,10H2,1H3. The van der Waals surface area contributed by atoms with Gasteiger partial charge in [-0.25, -0.2) is 4.52 Å². The number of halogens is 2. The van der Waals surface area contributed by atoms with Crippen LogP contribution in [0.15, 0.2) is 48.7 Å². The van der Waals surface area contributed by atoms with Gasteiger partial charge in [-0.2, -0.15) is 5.10 Å². The highest BCUT2D eigenvalue weighted by atomic mass is 35.5. The molecule has 0 unspecified atom stereocenters. The molecule has 0 bridgehead atoms. The maximum Gasteiger partial charge on any atom is 0.275 e. The van der Waals surface area contributed by atoms with Gasteiger partial charge in [-0.1, -0.05) is 41.4 Å². The van der Waals surface area contributed by atoms with E-state index in [-0.39, 0.29) is 11.6 Å². The third-order valence-electron chi connectivity index (χ3n) is 3.36. The maximum absolute atomic E-state index is 12.5. The molecule has 0 aliphatic rings. The minimum absolute atomic E-state index is 0.219. The van der Waals surface area contributed by atoms with Gasteiger partial charge in [0, 0.05) is 24.8 Å². The van der Waals surface area contributed by atoms with Gasteiger partial charge in [-0.05, 0) is 29.8 Å². The Kier molecular flexibility index (Phi) is 4.05. The summed E-state index contributed by atoms with van der Waals surface area (Å²) in [5.74, 6) is -0.219. The van der Waals surface area contributed by atoms with Crippen molar-refractivity contribution in [3.8, 4) is 0 Å². The third kappa shape index (κ3) is 2.80. The van der Waals surface area contributed by atoms with Crippen LogP contribution in [0.1, 0.15) is 16.1 Å². The molecule has 0 aliphatic heterocycles. The largest absolute Gasteiger partial charge is 0.336 e. The van der Waals surface area contributed by atoms with E-state index < -0.39 is 0 Å². The summed E-state index contributed by atoms with van der Waals surface area (Å²) in [6.07, 6.45) is 1.76. The van der Waals surface area contributed by atoms with E-state index in [1.54, 1.807) is 34.8 Å². The number of pyridine rings is 1. The van der Waals surface area contributed by atoms with Gasteiger partial charge in [0.05, 0.1) is 10.5 Å². The van der Waals surface area contributed by atoms with Crippen molar-refractivity contribution < 1.29 is 4.79 Å². The topological polar surface area (TPSA) is 37.6 Å². The average molecular weight is 334 g/mol. The molecule has 4 nitrogen and oxygen atoms in total. The van der Waals surface area contributed by atoms with Crippen LogP contribution < -0.4 is 0 Å². The molecule has 0 saturated heterocycles. The van der Waals surface area contributed by atoms with Crippen molar-refractivity contribution in [2.24, 2.45) is 0 Å². The number of hydrogen-bond donors (Lipinski definition) is 0. The molecule has 2 aromatic heterocycles. The SMILES string of the molecule is CN(Cc1ccc(Cl)cc1)C(=O)c1nn2ccccc2c1Cl. The molecule has 22 heavy (non-hydrogen) atoms. The van der Waals surface area contributed by atoms with E-state index in [2.05, 4.69) is 5.10 Å². The van der Waals surface area contributed by atoms with E-state index >= 15 is 0 Å². The van der Waals surface area contributed by atoms with Crippen molar-refractivity contribution in [1.82, 2.24) is 14.5 Å². The van der Waals surface area contributed by atoms with Gasteiger partial charge >= 0.3 is 0 Å². The minimum atomic E-state index is -0.219. The smallest absolute Gasteiger partial charge is 0.275 e. The van der Waals surface area contributed by atoms with Crippen molar-refractivity contribution in [3.63, 3.8) is 0 Å². The monoisotopic (exact) mass is 333 g/mol. The van der Waals surface area contributed by atoms with Crippen LogP contribution in [0.25, 0.3) is 5.52 Å². The lowest BCUT2D eigenvalue weighted by Gasteiger charge is -2.16. The summed E-state index contributed by atoms with van der Waals surface area (Å²) < 4.78 is 1.60. The Bertz CT molecular complexity index is 827. The second kappa shape index (κ2) is 5.99. The minimum Gasteiger partial charge on any atom is -0.336 e. The zero-order valence-corrected chi connectivity index (χ0v) is 13.3. The van der Waals surface area contributed by atoms with Crippen LogP contribution in [-0.4, -0.2) is 27.5 Å². The van der Waals surface area contributed by atoms with Crippen LogP contribution in [-0.2, 0) is 6.54 Å². The highest BCUT2D eigenvalue weighted by molar-refractivity contribution is 6.36. The number of rotatable bonds is 3. The van der Waals surface area contributed by atoms with Crippen LogP contribution in [0, 0.1) is 0 Å². The lowest BCUT2D eigenvalue weighted by molar-refractivity contribution is 0.0779. The molecule has 3 aromatic rings. The van der Waals surface area contributed by atoms with E-state index in [9.17, 15) is 4.79 Å². The van der Waals surface area contributed by atoms with Crippen molar-refractivity contribution in [2.75, 3.05) is 7.05 Å². The van der Waals surface area contributed by atoms with Gasteiger partial charge in [0.1, 0.15) is 0 Å². The Morgan fingerprint density at radius 3 is 2.59 bits per heavy atom. The van der Waals surface area contributed by atoms with Crippen molar-refractivity contribution in [2.45, 2.75) is 6.54 Å². The third-order valence-corrected chi connectivity index (χ3v) is 3.99. The number of hydrogen-bond acceptors (Lipinski definition) is 2. The van der Waals surface area contributed by atoms with Crippen LogP contribution in [0.5, 0.6) is 0 Å². The van der Waals surface area contributed by atoms with Gasteiger partial charge in [0.25, 0.3) is 5.91 Å². The molecule has 3 rings (SSSR count). The quantitative estimate of drug-likeness (QED) is 0.728. The molecule has 6 heteroatoms. The fraction of sp³-hybridized carbons (Fsp3) is 0.125. The maximum atomic E-state index is 12.5. The molecule has 1 amide bonds. The van der Waals surface area contributed by atoms with Crippen LogP contribution in [0.2, 0.25) is 10.0 Å². The zero-order valence-electron chi connectivity index (χ0n) is 11.8. The summed E-state index contributed by atoms with van der Waals surface area (Å²) in [6.45, 7) is 0.459. The number of carbonyl (C=O) groups excluding carboxylic acids is 1. The molecule has 0 spiro atoms. The lowest BCUT2D eigenvalue weighted by atomic mass is 10.2. The molecule has 0 atom stereocenters. The summed E-state index contributed by atoms with van der Waals surface area (Å²) >= 11 is 12.1. The molecular weight excluding hydrogens is 321 g/mol. The first-order chi connectivity index (χ1) is 10.6. The molecular formula is C16H13Cl2N3O. The molecule has 0 radical (unpaired) electrons. The van der Waals surface area contributed by atoms with E-state index in [0.717, 1.165) is 5.56 Å². The molecule has 1 aromatic carbocycles. The highest BCUT2D eigenvalue weighted by Gasteiger charge is 2.21. The first kappa shape index (κ1) is 14.9. The Morgan fingerprint density at radius 2 is 1.91 bits per heavy atom. The van der Waals surface area contributed by atoms with Gasteiger partial charge in [0.2, 0.25) is 0 Å². The predicted octanol–water partition coefficient (Wildman–Crippen LogP) is 3.91. The number of nitrogens with zero attached hydrogens (tertiary/aromatic N) is 3. The summed E-state index contributed by atoms with van der Waals surface area (Å²) in [5, 5.41) is 5.30. The predicted molar refractivity (Wildman–Crippen MR) is 87.5 cm³/mol. The van der Waals surface area contributed by atoms with Crippen LogP contribution in [0.3, 0.4) is 0 Å². The first-order valence-corrected chi connectivity index (χ1v) is 7.44. The first-order valence-electron chi connectivity index (χ1n) is 6.69. The van der Waals surface area contributed by atoms with Gasteiger partial charge < -0.3 is 4.90 Å². The summed E-state index contributed by atoms with van der Waals surface area (Å²) in [6, 6.07) is 12.9. The molecule has 112 valence electrons. The number of amides is 1. The highest BCUT2D eigenvalue weighted by Crippen LogP contribution is 2.23. The van der Waals surface area contributed by atoms with Crippen LogP contribution >= 0.6 is 23.2 Å². The fourth-order valence-corrected chi connectivity index (χ4v) is 2.62. The summed E-state index contributed by atoms with van der Waals surface area (Å²) in [7, 11) is 1.72. The average Bonchev–Trinajstić information content (AvgIpc) is 2.86. The van der Waals surface area contributed by atoms with Crippen molar-refractivity contribution in [1.29, 1.82) is 0 Å². The second-order valence-electron chi connectivity index (χ2n) is 4.98. The zero-order chi connectivity index (χ0) is 15.7. The van der Waals surface area contributed by atoms with E-state index in [4.69, 9.17) is 23.2 Å². The Labute approximate surface area is 137 Å². The Balaban J connectivity index is 1.85. The molecule has 2 heterocycles. The molecule has 0 saturated carbocycles. The number of aromatic nitrogens is 2. The van der Waals surface area contributed by atoms with Gasteiger partial charge in [-0.3, -0.25) is 4.79 Å². The van der Waals surface area contributed by atoms with Gasteiger partial charge in [-0.15, -0.1) is 0 Å². The van der Waals surface area contributed by atoms with Gasteiger partial charge in [0.15, 0.2) is 5.69 Å². The van der Waals surface area contributed by atoms with E-state index in [1.165, 1.54) is 0 Å². The van der Waals surface area contributed by atoms with Crippen molar-refractivity contribution >= 4 is 34.6 Å². The molecule has 0 N–H and O–H groups in total. The van der Waals surface area contributed by atoms with E-state index in [1.807, 2.05) is 30.3 Å². The Morgan fingerprint density at radius 1 is 1.18 bits per heavy atom. The lowest BCUT2D eigenvalue weighted by Crippen LogP contribution is -2.26. The fourth-order valence-electron chi connectivity index (χ4n) is 2.22. The summed E-state index contributed by atoms with van der Waals surface area (Å²) in [4.78, 5) is 14.1. The Hall–Kier alpha value is -2.04. The second-order valence-corrected chi connectivity index (χ2v) is 5.80. The number of carbonyl (C=O) groups is 1. The number of fused-ring (bicyclic) bond motifs is 1. The number of benzene rings is 1. The van der Waals surface area contributed by atoms with E-state index in [0.29, 0.717) is 22.1 Å².